The van der Waals surface area contributed by atoms with Gasteiger partial charge in [0, 0.05) is 18.5 Å². The van der Waals surface area contributed by atoms with Crippen molar-refractivity contribution in [2.24, 2.45) is 0 Å². The van der Waals surface area contributed by atoms with Crippen LogP contribution in [-0.4, -0.2) is 20.4 Å². The zero-order chi connectivity index (χ0) is 19.1. The van der Waals surface area contributed by atoms with Crippen molar-refractivity contribution in [1.82, 2.24) is 14.5 Å². The van der Waals surface area contributed by atoms with Gasteiger partial charge in [0.05, 0.1) is 21.1 Å². The van der Waals surface area contributed by atoms with E-state index in [2.05, 4.69) is 10.3 Å². The molecule has 28 heavy (non-hydrogen) atoms. The molecule has 1 aliphatic rings. The molecule has 2 aromatic heterocycles. The number of para-hydroxylation sites is 1. The lowest BCUT2D eigenvalue weighted by Gasteiger charge is -2.10. The van der Waals surface area contributed by atoms with E-state index in [1.807, 2.05) is 24.3 Å². The fraction of sp³-hybridized carbons (Fsp3) is 0.238. The molecule has 0 spiro atoms. The van der Waals surface area contributed by atoms with E-state index in [9.17, 15) is 9.59 Å². The minimum Gasteiger partial charge on any atom is -0.298 e. The molecule has 0 bridgehead atoms. The summed E-state index contributed by atoms with van der Waals surface area (Å²) in [5.74, 6) is 0.566. The third-order valence-electron chi connectivity index (χ3n) is 5.09. The highest BCUT2D eigenvalue weighted by Gasteiger charge is 2.16. The lowest BCUT2D eigenvalue weighted by molar-refractivity contribution is 0.102. The molecule has 0 saturated heterocycles. The van der Waals surface area contributed by atoms with Crippen molar-refractivity contribution >= 4 is 43.5 Å². The number of carbonyl (C=O) groups is 1. The number of amides is 1. The van der Waals surface area contributed by atoms with Crippen molar-refractivity contribution in [3.63, 3.8) is 0 Å². The average Bonchev–Trinajstić information content (AvgIpc) is 2.96. The molecule has 6 nitrogen and oxygen atoms in total. The van der Waals surface area contributed by atoms with Gasteiger partial charge in [-0.3, -0.25) is 19.5 Å². The number of hydrogen-bond donors (Lipinski definition) is 1. The molecule has 0 fully saturated rings. The number of nitrogens with one attached hydrogen (secondary N) is 1. The van der Waals surface area contributed by atoms with E-state index < -0.39 is 0 Å². The number of benzene rings is 2. The quantitative estimate of drug-likeness (QED) is 0.562. The maximum Gasteiger partial charge on any atom is 0.261 e. The first-order valence-corrected chi connectivity index (χ1v) is 10.2. The van der Waals surface area contributed by atoms with Crippen LogP contribution in [0.25, 0.3) is 21.1 Å². The molecule has 1 amide bonds. The molecule has 1 N–H and O–H groups in total. The van der Waals surface area contributed by atoms with Gasteiger partial charge in [-0.2, -0.15) is 0 Å². The molecule has 0 unspecified atom stereocenters. The Labute approximate surface area is 164 Å². The summed E-state index contributed by atoms with van der Waals surface area (Å²) in [6.07, 6.45) is 3.95. The van der Waals surface area contributed by atoms with E-state index in [4.69, 9.17) is 4.98 Å². The summed E-state index contributed by atoms with van der Waals surface area (Å²) in [4.78, 5) is 34.7. The van der Waals surface area contributed by atoms with Gasteiger partial charge in [-0.25, -0.2) is 9.97 Å². The molecule has 0 aliphatic carbocycles. The van der Waals surface area contributed by atoms with Crippen molar-refractivity contribution in [2.45, 2.75) is 32.2 Å². The van der Waals surface area contributed by atoms with Gasteiger partial charge < -0.3 is 0 Å². The van der Waals surface area contributed by atoms with Crippen LogP contribution in [-0.2, 0) is 13.0 Å². The number of nitrogens with zero attached hydrogens (tertiary/aromatic N) is 3. The van der Waals surface area contributed by atoms with Crippen molar-refractivity contribution in [1.29, 1.82) is 0 Å². The molecule has 140 valence electrons. The number of carbonyl (C=O) groups excluding carboxylic acids is 1. The molecule has 3 heterocycles. The Morgan fingerprint density at radius 1 is 1.04 bits per heavy atom. The SMILES string of the molecule is O=C(Nc1nc2ccccc2s1)c1ccc2c(=O)n3c(nc2c1)CCCCC3. The van der Waals surface area contributed by atoms with E-state index in [0.717, 1.165) is 48.3 Å². The molecule has 2 aromatic carbocycles. The van der Waals surface area contributed by atoms with Crippen molar-refractivity contribution in [2.75, 3.05) is 5.32 Å². The van der Waals surface area contributed by atoms with Gasteiger partial charge in [0.2, 0.25) is 0 Å². The van der Waals surface area contributed by atoms with Gasteiger partial charge in [0.25, 0.3) is 11.5 Å². The van der Waals surface area contributed by atoms with E-state index in [0.29, 0.717) is 21.6 Å². The first kappa shape index (κ1) is 17.1. The predicted octanol–water partition coefficient (Wildman–Crippen LogP) is 3.98. The first-order valence-electron chi connectivity index (χ1n) is 9.39. The molecule has 0 saturated carbocycles. The minimum atomic E-state index is -0.252. The highest BCUT2D eigenvalue weighted by molar-refractivity contribution is 7.22. The number of anilines is 1. The summed E-state index contributed by atoms with van der Waals surface area (Å²) in [5.41, 5.74) is 1.89. The van der Waals surface area contributed by atoms with Crippen LogP contribution in [0.2, 0.25) is 0 Å². The van der Waals surface area contributed by atoms with E-state index >= 15 is 0 Å². The standard InChI is InChI=1S/C21H18N4O2S/c26-19(24-21-23-15-6-3-4-7-17(15)28-21)13-9-10-14-16(12-13)22-18-8-2-1-5-11-25(18)20(14)27/h3-4,6-7,9-10,12H,1-2,5,8,11H2,(H,23,24,26). The molecular weight excluding hydrogens is 372 g/mol. The van der Waals surface area contributed by atoms with Crippen LogP contribution in [0, 0.1) is 0 Å². The molecular formula is C21H18N4O2S. The van der Waals surface area contributed by atoms with E-state index in [-0.39, 0.29) is 11.5 Å². The summed E-state index contributed by atoms with van der Waals surface area (Å²) < 4.78 is 2.81. The second-order valence-electron chi connectivity index (χ2n) is 6.97. The molecule has 0 atom stereocenters. The monoisotopic (exact) mass is 390 g/mol. The number of fused-ring (bicyclic) bond motifs is 3. The predicted molar refractivity (Wildman–Crippen MR) is 111 cm³/mol. The Hall–Kier alpha value is -3.06. The zero-order valence-corrected chi connectivity index (χ0v) is 16.0. The van der Waals surface area contributed by atoms with Crippen LogP contribution < -0.4 is 10.9 Å². The molecule has 4 aromatic rings. The fourth-order valence-corrected chi connectivity index (χ4v) is 4.52. The van der Waals surface area contributed by atoms with Crippen LogP contribution in [0.4, 0.5) is 5.13 Å². The van der Waals surface area contributed by atoms with Gasteiger partial charge in [-0.15, -0.1) is 0 Å². The lowest BCUT2D eigenvalue weighted by Crippen LogP contribution is -2.24. The number of rotatable bonds is 2. The minimum absolute atomic E-state index is 0.0139. The van der Waals surface area contributed by atoms with Gasteiger partial charge in [0.15, 0.2) is 5.13 Å². The first-order chi connectivity index (χ1) is 13.7. The van der Waals surface area contributed by atoms with Crippen molar-refractivity contribution < 1.29 is 4.79 Å². The number of hydrogen-bond acceptors (Lipinski definition) is 5. The smallest absolute Gasteiger partial charge is 0.261 e. The summed E-state index contributed by atoms with van der Waals surface area (Å²) in [5, 5.41) is 3.97. The number of aromatic nitrogens is 3. The van der Waals surface area contributed by atoms with Gasteiger partial charge in [-0.1, -0.05) is 29.9 Å². The van der Waals surface area contributed by atoms with Crippen molar-refractivity contribution in [3.05, 3.63) is 64.2 Å². The fourth-order valence-electron chi connectivity index (χ4n) is 3.65. The number of aryl methyl sites for hydroxylation is 1. The second kappa shape index (κ2) is 6.83. The van der Waals surface area contributed by atoms with E-state index in [1.54, 1.807) is 22.8 Å². The topological polar surface area (TPSA) is 76.9 Å². The Bertz CT molecular complexity index is 1240. The Morgan fingerprint density at radius 2 is 1.93 bits per heavy atom. The van der Waals surface area contributed by atoms with Gasteiger partial charge >= 0.3 is 0 Å². The normalized spacial score (nSPS) is 14.0. The Kier molecular flexibility index (Phi) is 4.16. The summed E-state index contributed by atoms with van der Waals surface area (Å²) in [6.45, 7) is 0.719. The van der Waals surface area contributed by atoms with Gasteiger partial charge in [-0.05, 0) is 43.2 Å². The second-order valence-corrected chi connectivity index (χ2v) is 8.00. The summed E-state index contributed by atoms with van der Waals surface area (Å²) in [6, 6.07) is 12.8. The Morgan fingerprint density at radius 3 is 2.82 bits per heavy atom. The molecule has 0 radical (unpaired) electrons. The third kappa shape index (κ3) is 2.97. The highest BCUT2D eigenvalue weighted by Crippen LogP contribution is 2.26. The maximum absolute atomic E-state index is 12.8. The lowest BCUT2D eigenvalue weighted by atomic mass is 10.1. The van der Waals surface area contributed by atoms with Crippen LogP contribution in [0.5, 0.6) is 0 Å². The zero-order valence-electron chi connectivity index (χ0n) is 15.1. The van der Waals surface area contributed by atoms with Gasteiger partial charge in [0.1, 0.15) is 5.82 Å². The van der Waals surface area contributed by atoms with Crippen LogP contribution >= 0.6 is 11.3 Å². The average molecular weight is 390 g/mol. The summed E-state index contributed by atoms with van der Waals surface area (Å²) >= 11 is 1.44. The van der Waals surface area contributed by atoms with Crippen LogP contribution in [0.3, 0.4) is 0 Å². The largest absolute Gasteiger partial charge is 0.298 e. The summed E-state index contributed by atoms with van der Waals surface area (Å²) in [7, 11) is 0. The van der Waals surface area contributed by atoms with Crippen LogP contribution in [0.15, 0.2) is 47.3 Å². The van der Waals surface area contributed by atoms with Crippen molar-refractivity contribution in [3.8, 4) is 0 Å². The maximum atomic E-state index is 12.8. The third-order valence-corrected chi connectivity index (χ3v) is 6.04. The van der Waals surface area contributed by atoms with E-state index in [1.165, 1.54) is 11.3 Å². The molecule has 5 rings (SSSR count). The molecule has 7 heteroatoms. The Balaban J connectivity index is 1.50. The van der Waals surface area contributed by atoms with Crippen LogP contribution in [0.1, 0.15) is 35.4 Å². The number of thiazole rings is 1. The highest BCUT2D eigenvalue weighted by atomic mass is 32.1. The molecule has 1 aliphatic heterocycles.